The lowest BCUT2D eigenvalue weighted by Gasteiger charge is -2.38. The molecule has 1 aromatic heterocycles. The van der Waals surface area contributed by atoms with Crippen molar-refractivity contribution in [2.75, 3.05) is 0 Å². The Kier molecular flexibility index (Phi) is 4.96. The summed E-state index contributed by atoms with van der Waals surface area (Å²) in [6.45, 7) is 9.67. The Labute approximate surface area is 164 Å². The third-order valence-electron chi connectivity index (χ3n) is 5.72. The van der Waals surface area contributed by atoms with Crippen LogP contribution >= 0.6 is 11.3 Å². The number of hydrogen-bond acceptors (Lipinski definition) is 5. The van der Waals surface area contributed by atoms with E-state index in [-0.39, 0.29) is 39.5 Å². The quantitative estimate of drug-likeness (QED) is 0.746. The topological polar surface area (TPSA) is 71.4 Å². The highest BCUT2D eigenvalue weighted by Crippen LogP contribution is 2.49. The molecule has 0 radical (unpaired) electrons. The summed E-state index contributed by atoms with van der Waals surface area (Å²) in [7, 11) is 0. The van der Waals surface area contributed by atoms with Crippen LogP contribution in [0.1, 0.15) is 69.7 Å². The molecule has 1 aromatic rings. The van der Waals surface area contributed by atoms with Crippen LogP contribution in [0.3, 0.4) is 0 Å². The van der Waals surface area contributed by atoms with Crippen molar-refractivity contribution in [3.63, 3.8) is 0 Å². The van der Waals surface area contributed by atoms with Gasteiger partial charge >= 0.3 is 0 Å². The molecule has 1 atom stereocenters. The molecule has 1 saturated carbocycles. The summed E-state index contributed by atoms with van der Waals surface area (Å²) >= 11 is 1.45. The second-order valence-electron chi connectivity index (χ2n) is 9.67. The first-order valence-electron chi connectivity index (χ1n) is 9.46. The molecule has 3 rings (SSSR count). The lowest BCUT2D eigenvalue weighted by Crippen LogP contribution is -2.43. The molecule has 1 unspecified atom stereocenters. The highest BCUT2D eigenvalue weighted by atomic mass is 32.1. The van der Waals surface area contributed by atoms with Crippen molar-refractivity contribution in [2.45, 2.75) is 66.2 Å². The Morgan fingerprint density at radius 2 is 1.56 bits per heavy atom. The molecule has 5 heteroatoms. The minimum Gasteiger partial charge on any atom is -0.512 e. The minimum atomic E-state index is -0.877. The van der Waals surface area contributed by atoms with E-state index in [2.05, 4.69) is 0 Å². The lowest BCUT2D eigenvalue weighted by molar-refractivity contribution is -0.140. The van der Waals surface area contributed by atoms with E-state index < -0.39 is 11.8 Å². The van der Waals surface area contributed by atoms with Crippen LogP contribution in [0.15, 0.2) is 22.8 Å². The molecule has 4 nitrogen and oxygen atoms in total. The van der Waals surface area contributed by atoms with Gasteiger partial charge in [0.15, 0.2) is 5.78 Å². The van der Waals surface area contributed by atoms with Crippen LogP contribution in [-0.2, 0) is 14.4 Å². The van der Waals surface area contributed by atoms with E-state index in [1.54, 1.807) is 0 Å². The molecular formula is C22H28O4S. The smallest absolute Gasteiger partial charge is 0.163 e. The van der Waals surface area contributed by atoms with Gasteiger partial charge < -0.3 is 5.11 Å². The number of allylic oxidation sites excluding steroid dienone is 2. The van der Waals surface area contributed by atoms with Crippen molar-refractivity contribution in [1.29, 1.82) is 0 Å². The average Bonchev–Trinajstić information content (AvgIpc) is 2.87. The van der Waals surface area contributed by atoms with Crippen molar-refractivity contribution >= 4 is 28.7 Å². The van der Waals surface area contributed by atoms with Gasteiger partial charge in [0.05, 0.1) is 5.92 Å². The molecule has 0 spiro atoms. The van der Waals surface area contributed by atoms with Crippen LogP contribution in [-0.4, -0.2) is 22.5 Å². The minimum absolute atomic E-state index is 0.0412. The van der Waals surface area contributed by atoms with E-state index in [0.717, 1.165) is 10.4 Å². The molecule has 1 heterocycles. The van der Waals surface area contributed by atoms with Gasteiger partial charge in [0.1, 0.15) is 17.3 Å². The lowest BCUT2D eigenvalue weighted by atomic mass is 9.63. The number of ketones is 3. The normalized spacial score (nSPS) is 24.4. The first-order valence-corrected chi connectivity index (χ1v) is 10.3. The van der Waals surface area contributed by atoms with Crippen LogP contribution in [0, 0.1) is 23.7 Å². The fourth-order valence-corrected chi connectivity index (χ4v) is 5.66. The number of aryl methyl sites for hydroxylation is 1. The zero-order valence-corrected chi connectivity index (χ0v) is 17.5. The van der Waals surface area contributed by atoms with Gasteiger partial charge in [0.2, 0.25) is 0 Å². The van der Waals surface area contributed by atoms with Gasteiger partial charge in [-0.15, -0.1) is 11.3 Å². The number of aliphatic hydroxyl groups excluding tert-OH is 1. The highest BCUT2D eigenvalue weighted by Gasteiger charge is 2.49. The van der Waals surface area contributed by atoms with Crippen LogP contribution in [0.25, 0.3) is 0 Å². The van der Waals surface area contributed by atoms with Gasteiger partial charge in [0.25, 0.3) is 0 Å². The van der Waals surface area contributed by atoms with E-state index >= 15 is 0 Å². The second-order valence-corrected chi connectivity index (χ2v) is 10.6. The SMILES string of the molecule is Cc1ccsc1C(C1=C(O)CC(C)(C)CC1=O)C1C(=O)CC(C)(C)CC1=O. The van der Waals surface area contributed by atoms with Crippen molar-refractivity contribution in [3.8, 4) is 0 Å². The molecule has 0 amide bonds. The zero-order valence-electron chi connectivity index (χ0n) is 16.7. The molecule has 2 aliphatic carbocycles. The number of hydrogen-bond donors (Lipinski definition) is 1. The van der Waals surface area contributed by atoms with E-state index in [9.17, 15) is 19.5 Å². The van der Waals surface area contributed by atoms with Crippen LogP contribution in [0.2, 0.25) is 0 Å². The summed E-state index contributed by atoms with van der Waals surface area (Å²) in [6, 6.07) is 1.93. The Balaban J connectivity index is 2.15. The standard InChI is InChI=1S/C22H28O4S/c1-12-6-7-27-20(12)19(17-13(23)8-21(2,3)9-14(17)24)18-15(25)10-22(4,5)11-16(18)26/h6-7,17,19,25H,8-11H2,1-5H3. The second kappa shape index (κ2) is 6.69. The molecular weight excluding hydrogens is 360 g/mol. The first kappa shape index (κ1) is 20.0. The van der Waals surface area contributed by atoms with Gasteiger partial charge in [-0.25, -0.2) is 0 Å². The maximum atomic E-state index is 13.0. The monoisotopic (exact) mass is 388 g/mol. The van der Waals surface area contributed by atoms with E-state index in [0.29, 0.717) is 25.7 Å². The summed E-state index contributed by atoms with van der Waals surface area (Å²) in [6.07, 6.45) is 1.33. The Morgan fingerprint density at radius 1 is 1.00 bits per heavy atom. The van der Waals surface area contributed by atoms with Crippen molar-refractivity contribution < 1.29 is 19.5 Å². The number of thiophene rings is 1. The molecule has 146 valence electrons. The van der Waals surface area contributed by atoms with Crippen molar-refractivity contribution in [1.82, 2.24) is 0 Å². The van der Waals surface area contributed by atoms with Crippen LogP contribution < -0.4 is 0 Å². The highest BCUT2D eigenvalue weighted by molar-refractivity contribution is 7.10. The van der Waals surface area contributed by atoms with Crippen molar-refractivity contribution in [3.05, 3.63) is 33.2 Å². The van der Waals surface area contributed by atoms with E-state index in [4.69, 9.17) is 0 Å². The third-order valence-corrected chi connectivity index (χ3v) is 6.83. The van der Waals surface area contributed by atoms with Crippen LogP contribution in [0.5, 0.6) is 0 Å². The van der Waals surface area contributed by atoms with Crippen LogP contribution in [0.4, 0.5) is 0 Å². The van der Waals surface area contributed by atoms with Gasteiger partial charge in [-0.05, 0) is 34.8 Å². The van der Waals surface area contributed by atoms with Crippen molar-refractivity contribution in [2.24, 2.45) is 16.7 Å². The summed E-state index contributed by atoms with van der Waals surface area (Å²) in [5, 5.41) is 12.7. The average molecular weight is 389 g/mol. The molecule has 1 N–H and O–H groups in total. The fraction of sp³-hybridized carbons (Fsp3) is 0.591. The van der Waals surface area contributed by atoms with E-state index in [1.807, 2.05) is 46.1 Å². The largest absolute Gasteiger partial charge is 0.512 e. The Bertz CT molecular complexity index is 820. The molecule has 27 heavy (non-hydrogen) atoms. The third kappa shape index (κ3) is 3.79. The Hall–Kier alpha value is -1.75. The molecule has 0 bridgehead atoms. The summed E-state index contributed by atoms with van der Waals surface area (Å²) in [5.74, 6) is -1.88. The summed E-state index contributed by atoms with van der Waals surface area (Å²) in [5.41, 5.74) is 0.566. The number of rotatable bonds is 3. The van der Waals surface area contributed by atoms with Gasteiger partial charge in [0, 0.05) is 42.1 Å². The summed E-state index contributed by atoms with van der Waals surface area (Å²) < 4.78 is 0. The molecule has 0 aliphatic heterocycles. The number of aliphatic hydroxyl groups is 1. The number of carbonyl (C=O) groups is 3. The molecule has 0 saturated heterocycles. The number of Topliss-reactive ketones (excluding diaryl/α,β-unsaturated/α-hetero) is 3. The number of carbonyl (C=O) groups excluding carboxylic acids is 3. The molecule has 2 aliphatic rings. The van der Waals surface area contributed by atoms with E-state index in [1.165, 1.54) is 11.3 Å². The maximum absolute atomic E-state index is 13.0. The molecule has 1 fully saturated rings. The summed E-state index contributed by atoms with van der Waals surface area (Å²) in [4.78, 5) is 39.9. The van der Waals surface area contributed by atoms with Gasteiger partial charge in [-0.1, -0.05) is 27.7 Å². The molecule has 0 aromatic carbocycles. The Morgan fingerprint density at radius 3 is 2.04 bits per heavy atom. The fourth-order valence-electron chi connectivity index (χ4n) is 4.58. The zero-order chi connectivity index (χ0) is 20.1. The predicted molar refractivity (Wildman–Crippen MR) is 106 cm³/mol. The first-order chi connectivity index (χ1) is 12.4. The van der Waals surface area contributed by atoms with Gasteiger partial charge in [-0.2, -0.15) is 0 Å². The maximum Gasteiger partial charge on any atom is 0.163 e. The predicted octanol–water partition coefficient (Wildman–Crippen LogP) is 4.92. The van der Waals surface area contributed by atoms with Gasteiger partial charge in [-0.3, -0.25) is 14.4 Å².